The summed E-state index contributed by atoms with van der Waals surface area (Å²) in [6.07, 6.45) is 3.57. The topological polar surface area (TPSA) is 44.3 Å². The van der Waals surface area contributed by atoms with E-state index in [2.05, 4.69) is 10.6 Å². The molecule has 1 fully saturated rings. The van der Waals surface area contributed by atoms with Crippen LogP contribution in [0.2, 0.25) is 0 Å². The van der Waals surface area contributed by atoms with Gasteiger partial charge in [0.05, 0.1) is 12.1 Å². The van der Waals surface area contributed by atoms with Gasteiger partial charge in [-0.1, -0.05) is 12.8 Å². The number of anilines is 1. The summed E-state index contributed by atoms with van der Waals surface area (Å²) >= 11 is 5.18. The maximum atomic E-state index is 12.7. The first kappa shape index (κ1) is 13.2. The van der Waals surface area contributed by atoms with Gasteiger partial charge in [0.1, 0.15) is 5.82 Å². The van der Waals surface area contributed by atoms with Crippen LogP contribution in [0.3, 0.4) is 0 Å². The lowest BCUT2D eigenvalue weighted by molar-refractivity contribution is 0.100. The van der Waals surface area contributed by atoms with Crippen LogP contribution in [0.1, 0.15) is 25.7 Å². The summed E-state index contributed by atoms with van der Waals surface area (Å²) in [5.41, 5.74) is 0.735. The average Bonchev–Trinajstić information content (AvgIpc) is 2.35. The summed E-state index contributed by atoms with van der Waals surface area (Å²) in [7, 11) is 0. The minimum atomic E-state index is -0.341. The third-order valence-corrected chi connectivity index (χ3v) is 3.37. The largest absolute Gasteiger partial charge is 0.391 e. The van der Waals surface area contributed by atoms with Crippen molar-refractivity contribution in [3.63, 3.8) is 0 Å². The van der Waals surface area contributed by atoms with Gasteiger partial charge in [0.15, 0.2) is 5.11 Å². The lowest BCUT2D eigenvalue weighted by Gasteiger charge is -2.29. The van der Waals surface area contributed by atoms with Gasteiger partial charge in [-0.15, -0.1) is 0 Å². The van der Waals surface area contributed by atoms with Crippen molar-refractivity contribution in [1.82, 2.24) is 5.32 Å². The molecule has 3 nitrogen and oxygen atoms in total. The molecule has 0 aromatic heterocycles. The lowest BCUT2D eigenvalue weighted by atomic mass is 9.93. The molecule has 0 unspecified atom stereocenters. The Hall–Kier alpha value is -1.20. The Bertz CT molecular complexity index is 410. The highest BCUT2D eigenvalue weighted by Gasteiger charge is 2.23. The fourth-order valence-corrected chi connectivity index (χ4v) is 2.42. The molecule has 1 aliphatic rings. The van der Waals surface area contributed by atoms with Crippen LogP contribution >= 0.6 is 12.2 Å². The van der Waals surface area contributed by atoms with Crippen molar-refractivity contribution in [2.75, 3.05) is 5.32 Å². The van der Waals surface area contributed by atoms with Crippen molar-refractivity contribution in [2.24, 2.45) is 0 Å². The fraction of sp³-hybridized carbons (Fsp3) is 0.462. The standard InChI is InChI=1S/C13H17FN2OS/c14-9-5-7-10(8-6-9)15-13(18)16-11-3-1-2-4-12(11)17/h5-8,11-12,17H,1-4H2,(H2,15,16,18)/t11-,12-/m0/s1. The van der Waals surface area contributed by atoms with E-state index in [-0.39, 0.29) is 18.0 Å². The Kier molecular flexibility index (Phi) is 4.49. The molecule has 0 aliphatic heterocycles. The van der Waals surface area contributed by atoms with Crippen LogP contribution in [0.15, 0.2) is 24.3 Å². The number of aliphatic hydroxyl groups is 1. The van der Waals surface area contributed by atoms with E-state index in [4.69, 9.17) is 12.2 Å². The Morgan fingerprint density at radius 1 is 1.22 bits per heavy atom. The van der Waals surface area contributed by atoms with Crippen LogP contribution in [0.25, 0.3) is 0 Å². The number of thiocarbonyl (C=S) groups is 1. The van der Waals surface area contributed by atoms with Crippen molar-refractivity contribution >= 4 is 23.0 Å². The van der Waals surface area contributed by atoms with Crippen LogP contribution in [-0.4, -0.2) is 22.4 Å². The normalized spacial score (nSPS) is 23.4. The van der Waals surface area contributed by atoms with Crippen LogP contribution in [0.5, 0.6) is 0 Å². The Morgan fingerprint density at radius 2 is 1.89 bits per heavy atom. The van der Waals surface area contributed by atoms with Crippen LogP contribution in [0, 0.1) is 5.82 Å². The van der Waals surface area contributed by atoms with Crippen LogP contribution < -0.4 is 10.6 Å². The number of rotatable bonds is 2. The number of halogens is 1. The molecule has 1 saturated carbocycles. The van der Waals surface area contributed by atoms with E-state index in [0.717, 1.165) is 31.4 Å². The molecular formula is C13H17FN2OS. The molecule has 0 saturated heterocycles. The van der Waals surface area contributed by atoms with Crippen molar-refractivity contribution in [3.05, 3.63) is 30.1 Å². The summed E-state index contributed by atoms with van der Waals surface area (Å²) in [5.74, 6) is -0.276. The van der Waals surface area contributed by atoms with E-state index < -0.39 is 0 Å². The molecule has 1 aromatic rings. The smallest absolute Gasteiger partial charge is 0.171 e. The third-order valence-electron chi connectivity index (χ3n) is 3.15. The Morgan fingerprint density at radius 3 is 2.56 bits per heavy atom. The van der Waals surface area contributed by atoms with E-state index in [1.54, 1.807) is 12.1 Å². The van der Waals surface area contributed by atoms with Gasteiger partial charge in [0, 0.05) is 5.69 Å². The summed E-state index contributed by atoms with van der Waals surface area (Å²) < 4.78 is 12.7. The molecule has 18 heavy (non-hydrogen) atoms. The number of aliphatic hydroxyl groups excluding tert-OH is 1. The second-order valence-electron chi connectivity index (χ2n) is 4.56. The van der Waals surface area contributed by atoms with E-state index in [0.29, 0.717) is 5.11 Å². The van der Waals surface area contributed by atoms with Gasteiger partial charge < -0.3 is 15.7 Å². The molecule has 0 radical (unpaired) electrons. The fourth-order valence-electron chi connectivity index (χ4n) is 2.15. The molecule has 0 heterocycles. The van der Waals surface area contributed by atoms with Crippen molar-refractivity contribution in [1.29, 1.82) is 0 Å². The minimum Gasteiger partial charge on any atom is -0.391 e. The zero-order chi connectivity index (χ0) is 13.0. The van der Waals surface area contributed by atoms with E-state index >= 15 is 0 Å². The third kappa shape index (κ3) is 3.65. The molecule has 3 N–H and O–H groups in total. The van der Waals surface area contributed by atoms with Gasteiger partial charge in [0.25, 0.3) is 0 Å². The summed E-state index contributed by atoms with van der Waals surface area (Å²) in [4.78, 5) is 0. The minimum absolute atomic E-state index is 0.0131. The van der Waals surface area contributed by atoms with Crippen molar-refractivity contribution < 1.29 is 9.50 Å². The monoisotopic (exact) mass is 268 g/mol. The number of benzene rings is 1. The Labute approximate surface area is 111 Å². The van der Waals surface area contributed by atoms with E-state index in [1.807, 2.05) is 0 Å². The van der Waals surface area contributed by atoms with Crippen LogP contribution in [0.4, 0.5) is 10.1 Å². The maximum Gasteiger partial charge on any atom is 0.171 e. The Balaban J connectivity index is 1.86. The molecule has 98 valence electrons. The summed E-state index contributed by atoms with van der Waals surface area (Å²) in [5, 5.41) is 16.4. The molecule has 1 aromatic carbocycles. The molecule has 0 bridgehead atoms. The number of hydrogen-bond acceptors (Lipinski definition) is 2. The first-order chi connectivity index (χ1) is 8.65. The number of nitrogens with one attached hydrogen (secondary N) is 2. The van der Waals surface area contributed by atoms with Crippen molar-refractivity contribution in [3.8, 4) is 0 Å². The highest BCUT2D eigenvalue weighted by molar-refractivity contribution is 7.80. The molecule has 2 atom stereocenters. The van der Waals surface area contributed by atoms with Crippen LogP contribution in [-0.2, 0) is 0 Å². The first-order valence-electron chi connectivity index (χ1n) is 6.16. The molecule has 2 rings (SSSR count). The van der Waals surface area contributed by atoms with Gasteiger partial charge in [-0.25, -0.2) is 4.39 Å². The SMILES string of the molecule is O[C@H]1CCCC[C@@H]1NC(=S)Nc1ccc(F)cc1. The van der Waals surface area contributed by atoms with Gasteiger partial charge in [-0.05, 0) is 49.3 Å². The zero-order valence-electron chi connectivity index (χ0n) is 10.0. The lowest BCUT2D eigenvalue weighted by Crippen LogP contribution is -2.46. The highest BCUT2D eigenvalue weighted by atomic mass is 32.1. The first-order valence-corrected chi connectivity index (χ1v) is 6.57. The summed E-state index contributed by atoms with van der Waals surface area (Å²) in [6.45, 7) is 0. The second-order valence-corrected chi connectivity index (χ2v) is 4.97. The maximum absolute atomic E-state index is 12.7. The quantitative estimate of drug-likeness (QED) is 0.721. The molecule has 1 aliphatic carbocycles. The van der Waals surface area contributed by atoms with E-state index in [9.17, 15) is 9.50 Å². The van der Waals surface area contributed by atoms with Gasteiger partial charge >= 0.3 is 0 Å². The zero-order valence-corrected chi connectivity index (χ0v) is 10.8. The predicted molar refractivity (Wildman–Crippen MR) is 74.0 cm³/mol. The summed E-state index contributed by atoms with van der Waals surface area (Å²) in [6, 6.07) is 6.02. The van der Waals surface area contributed by atoms with Gasteiger partial charge in [0.2, 0.25) is 0 Å². The average molecular weight is 268 g/mol. The molecule has 5 heteroatoms. The molecule has 0 spiro atoms. The predicted octanol–water partition coefficient (Wildman–Crippen LogP) is 2.42. The van der Waals surface area contributed by atoms with Crippen molar-refractivity contribution in [2.45, 2.75) is 37.8 Å². The second kappa shape index (κ2) is 6.11. The van der Waals surface area contributed by atoms with Gasteiger partial charge in [-0.3, -0.25) is 0 Å². The molecular weight excluding hydrogens is 251 g/mol. The number of hydrogen-bond donors (Lipinski definition) is 3. The van der Waals surface area contributed by atoms with Gasteiger partial charge in [-0.2, -0.15) is 0 Å². The van der Waals surface area contributed by atoms with E-state index in [1.165, 1.54) is 12.1 Å². The molecule has 0 amide bonds. The highest BCUT2D eigenvalue weighted by Crippen LogP contribution is 2.18.